The van der Waals surface area contributed by atoms with Gasteiger partial charge < -0.3 is 9.84 Å². The fourth-order valence-corrected chi connectivity index (χ4v) is 0.703. The van der Waals surface area contributed by atoms with Crippen LogP contribution in [0.3, 0.4) is 0 Å². The van der Waals surface area contributed by atoms with Crippen LogP contribution < -0.4 is 0 Å². The van der Waals surface area contributed by atoms with Gasteiger partial charge >= 0.3 is 5.97 Å². The Bertz CT molecular complexity index is 132. The molecular formula is C9H18O3. The van der Waals surface area contributed by atoms with E-state index in [1.807, 2.05) is 13.8 Å². The number of carbonyl (C=O) groups is 1. The molecule has 0 spiro atoms. The molecule has 0 aromatic heterocycles. The van der Waals surface area contributed by atoms with Crippen molar-refractivity contribution >= 4 is 5.97 Å². The van der Waals surface area contributed by atoms with Gasteiger partial charge in [0.05, 0.1) is 12.5 Å². The van der Waals surface area contributed by atoms with E-state index in [1.165, 1.54) is 0 Å². The lowest BCUT2D eigenvalue weighted by Crippen LogP contribution is -2.18. The van der Waals surface area contributed by atoms with E-state index in [0.29, 0.717) is 18.9 Å². The Morgan fingerprint density at radius 1 is 1.42 bits per heavy atom. The third kappa shape index (κ3) is 5.13. The van der Waals surface area contributed by atoms with Gasteiger partial charge in [0.15, 0.2) is 0 Å². The molecule has 72 valence electrons. The minimum absolute atomic E-state index is 0.0396. The number of rotatable bonds is 5. The third-order valence-corrected chi connectivity index (χ3v) is 1.52. The summed E-state index contributed by atoms with van der Waals surface area (Å²) in [5, 5.41) is 8.56. The van der Waals surface area contributed by atoms with Gasteiger partial charge in [-0.3, -0.25) is 4.79 Å². The van der Waals surface area contributed by atoms with Crippen molar-refractivity contribution in [1.82, 2.24) is 0 Å². The molecule has 1 N–H and O–H groups in total. The summed E-state index contributed by atoms with van der Waals surface area (Å²) in [7, 11) is 0. The second kappa shape index (κ2) is 6.00. The number of ether oxygens (including phenoxy) is 1. The predicted molar refractivity (Wildman–Crippen MR) is 46.7 cm³/mol. The molecule has 0 aromatic rings. The molecule has 0 saturated heterocycles. The van der Waals surface area contributed by atoms with E-state index in [-0.39, 0.29) is 18.5 Å². The predicted octanol–water partition coefficient (Wildman–Crippen LogP) is 1.20. The number of esters is 1. The standard InChI is InChI=1S/C9H18O3/c1-7(2)6-12-9(11)8(3)4-5-10/h7-8,10H,4-6H2,1-3H3. The lowest BCUT2D eigenvalue weighted by molar-refractivity contribution is -0.149. The molecule has 0 saturated carbocycles. The normalized spacial score (nSPS) is 13.1. The molecule has 0 bridgehead atoms. The maximum atomic E-state index is 11.1. The molecule has 1 atom stereocenters. The van der Waals surface area contributed by atoms with Crippen molar-refractivity contribution in [3.63, 3.8) is 0 Å². The van der Waals surface area contributed by atoms with Gasteiger partial charge in [-0.2, -0.15) is 0 Å². The molecular weight excluding hydrogens is 156 g/mol. The van der Waals surface area contributed by atoms with E-state index < -0.39 is 0 Å². The van der Waals surface area contributed by atoms with Crippen molar-refractivity contribution in [2.75, 3.05) is 13.2 Å². The van der Waals surface area contributed by atoms with Crippen molar-refractivity contribution in [2.24, 2.45) is 11.8 Å². The van der Waals surface area contributed by atoms with Gasteiger partial charge in [-0.05, 0) is 12.3 Å². The fraction of sp³-hybridized carbons (Fsp3) is 0.889. The summed E-state index contributed by atoms with van der Waals surface area (Å²) < 4.78 is 4.97. The van der Waals surface area contributed by atoms with Crippen LogP contribution in [0.2, 0.25) is 0 Å². The van der Waals surface area contributed by atoms with Crippen molar-refractivity contribution < 1.29 is 14.6 Å². The molecule has 3 nitrogen and oxygen atoms in total. The Balaban J connectivity index is 3.57. The monoisotopic (exact) mass is 174 g/mol. The Labute approximate surface area is 73.7 Å². The molecule has 0 rings (SSSR count). The molecule has 12 heavy (non-hydrogen) atoms. The van der Waals surface area contributed by atoms with Crippen LogP contribution in [0.1, 0.15) is 27.2 Å². The molecule has 0 aliphatic carbocycles. The van der Waals surface area contributed by atoms with E-state index in [2.05, 4.69) is 0 Å². The summed E-state index contributed by atoms with van der Waals surface area (Å²) in [6.45, 7) is 6.25. The molecule has 0 radical (unpaired) electrons. The Hall–Kier alpha value is -0.570. The smallest absolute Gasteiger partial charge is 0.308 e. The molecule has 0 aromatic carbocycles. The zero-order chi connectivity index (χ0) is 9.56. The van der Waals surface area contributed by atoms with Crippen LogP contribution in [0.15, 0.2) is 0 Å². The third-order valence-electron chi connectivity index (χ3n) is 1.52. The number of aliphatic hydroxyl groups is 1. The van der Waals surface area contributed by atoms with Gasteiger partial charge in [-0.25, -0.2) is 0 Å². The summed E-state index contributed by atoms with van der Waals surface area (Å²) >= 11 is 0. The highest BCUT2D eigenvalue weighted by molar-refractivity contribution is 5.71. The summed E-state index contributed by atoms with van der Waals surface area (Å²) in [5.41, 5.74) is 0. The number of carbonyl (C=O) groups excluding carboxylic acids is 1. The zero-order valence-electron chi connectivity index (χ0n) is 8.04. The first kappa shape index (κ1) is 11.4. The molecule has 1 unspecified atom stereocenters. The largest absolute Gasteiger partial charge is 0.465 e. The van der Waals surface area contributed by atoms with Crippen LogP contribution in [0.25, 0.3) is 0 Å². The first-order valence-electron chi connectivity index (χ1n) is 4.35. The summed E-state index contributed by atoms with van der Waals surface area (Å²) in [6, 6.07) is 0. The first-order valence-corrected chi connectivity index (χ1v) is 4.35. The summed E-state index contributed by atoms with van der Waals surface area (Å²) in [6.07, 6.45) is 0.483. The van der Waals surface area contributed by atoms with Gasteiger partial charge in [0.2, 0.25) is 0 Å². The molecule has 0 amide bonds. The SMILES string of the molecule is CC(C)COC(=O)C(C)CCO. The van der Waals surface area contributed by atoms with E-state index in [4.69, 9.17) is 9.84 Å². The van der Waals surface area contributed by atoms with E-state index >= 15 is 0 Å². The highest BCUT2D eigenvalue weighted by Crippen LogP contribution is 2.04. The highest BCUT2D eigenvalue weighted by Gasteiger charge is 2.13. The zero-order valence-corrected chi connectivity index (χ0v) is 8.04. The number of hydrogen-bond acceptors (Lipinski definition) is 3. The molecule has 0 heterocycles. The lowest BCUT2D eigenvalue weighted by atomic mass is 10.1. The number of aliphatic hydroxyl groups excluding tert-OH is 1. The van der Waals surface area contributed by atoms with Crippen molar-refractivity contribution in [3.05, 3.63) is 0 Å². The fourth-order valence-electron chi connectivity index (χ4n) is 0.703. The van der Waals surface area contributed by atoms with Gasteiger partial charge in [0.25, 0.3) is 0 Å². The van der Waals surface area contributed by atoms with Crippen LogP contribution in [0.4, 0.5) is 0 Å². The Morgan fingerprint density at radius 2 is 2.00 bits per heavy atom. The summed E-state index contributed by atoms with van der Waals surface area (Å²) in [5.74, 6) is -0.0261. The average molecular weight is 174 g/mol. The molecule has 0 fully saturated rings. The second-order valence-electron chi connectivity index (χ2n) is 3.44. The quantitative estimate of drug-likeness (QED) is 0.637. The topological polar surface area (TPSA) is 46.5 Å². The minimum Gasteiger partial charge on any atom is -0.465 e. The van der Waals surface area contributed by atoms with Crippen LogP contribution in [0.5, 0.6) is 0 Å². The van der Waals surface area contributed by atoms with Gasteiger partial charge in [-0.15, -0.1) is 0 Å². The van der Waals surface area contributed by atoms with Gasteiger partial charge in [0.1, 0.15) is 0 Å². The Morgan fingerprint density at radius 3 is 2.42 bits per heavy atom. The van der Waals surface area contributed by atoms with Crippen LogP contribution in [-0.2, 0) is 9.53 Å². The van der Waals surface area contributed by atoms with E-state index in [0.717, 1.165) is 0 Å². The van der Waals surface area contributed by atoms with E-state index in [1.54, 1.807) is 6.92 Å². The van der Waals surface area contributed by atoms with Crippen molar-refractivity contribution in [1.29, 1.82) is 0 Å². The maximum absolute atomic E-state index is 11.1. The molecule has 3 heteroatoms. The first-order chi connectivity index (χ1) is 5.57. The van der Waals surface area contributed by atoms with E-state index in [9.17, 15) is 4.79 Å². The average Bonchev–Trinajstić information content (AvgIpc) is 2.00. The molecule has 0 aliphatic heterocycles. The lowest BCUT2D eigenvalue weighted by Gasteiger charge is -2.11. The maximum Gasteiger partial charge on any atom is 0.308 e. The molecule has 0 aliphatic rings. The van der Waals surface area contributed by atoms with Crippen molar-refractivity contribution in [3.8, 4) is 0 Å². The minimum atomic E-state index is -0.210. The highest BCUT2D eigenvalue weighted by atomic mass is 16.5. The van der Waals surface area contributed by atoms with Crippen molar-refractivity contribution in [2.45, 2.75) is 27.2 Å². The Kier molecular flexibility index (Phi) is 5.72. The van der Waals surface area contributed by atoms with Crippen LogP contribution >= 0.6 is 0 Å². The van der Waals surface area contributed by atoms with Crippen LogP contribution in [-0.4, -0.2) is 24.3 Å². The van der Waals surface area contributed by atoms with Crippen LogP contribution in [0, 0.1) is 11.8 Å². The number of hydrogen-bond donors (Lipinski definition) is 1. The summed E-state index contributed by atoms with van der Waals surface area (Å²) in [4.78, 5) is 11.1. The van der Waals surface area contributed by atoms with Gasteiger partial charge in [-0.1, -0.05) is 20.8 Å². The van der Waals surface area contributed by atoms with Gasteiger partial charge in [0, 0.05) is 6.61 Å². The second-order valence-corrected chi connectivity index (χ2v) is 3.44.